The first-order valence-electron chi connectivity index (χ1n) is 5.44. The molecule has 1 aromatic heterocycles. The predicted molar refractivity (Wildman–Crippen MR) is 67.1 cm³/mol. The van der Waals surface area contributed by atoms with Gasteiger partial charge in [-0.15, -0.1) is 11.6 Å². The summed E-state index contributed by atoms with van der Waals surface area (Å²) in [5.74, 6) is 2.01. The van der Waals surface area contributed by atoms with Gasteiger partial charge in [-0.3, -0.25) is 4.98 Å². The van der Waals surface area contributed by atoms with Crippen molar-refractivity contribution < 1.29 is 4.74 Å². The largest absolute Gasteiger partial charge is 0.497 e. The molecule has 16 heavy (non-hydrogen) atoms. The smallest absolute Gasteiger partial charge is 0.122 e. The van der Waals surface area contributed by atoms with Crippen molar-refractivity contribution in [1.29, 1.82) is 0 Å². The summed E-state index contributed by atoms with van der Waals surface area (Å²) < 4.78 is 5.20. The molecule has 1 N–H and O–H groups in total. The third-order valence-corrected chi connectivity index (χ3v) is 2.80. The van der Waals surface area contributed by atoms with Crippen LogP contribution in [0.15, 0.2) is 12.1 Å². The van der Waals surface area contributed by atoms with E-state index in [1.807, 2.05) is 19.1 Å². The van der Waals surface area contributed by atoms with E-state index in [1.165, 1.54) is 0 Å². The molecule has 4 heteroatoms. The van der Waals surface area contributed by atoms with Crippen molar-refractivity contribution >= 4 is 11.6 Å². The lowest BCUT2D eigenvalue weighted by Crippen LogP contribution is -2.22. The molecular formula is C12H19ClN2O. The summed E-state index contributed by atoms with van der Waals surface area (Å²) >= 11 is 5.73. The third kappa shape index (κ3) is 4.37. The van der Waals surface area contributed by atoms with Crippen LogP contribution in [0.25, 0.3) is 0 Å². The number of nitrogens with one attached hydrogen (secondary N) is 1. The van der Waals surface area contributed by atoms with Gasteiger partial charge in [0.2, 0.25) is 0 Å². The highest BCUT2D eigenvalue weighted by Crippen LogP contribution is 2.13. The topological polar surface area (TPSA) is 34.1 Å². The van der Waals surface area contributed by atoms with Crippen molar-refractivity contribution in [3.63, 3.8) is 0 Å². The lowest BCUT2D eigenvalue weighted by Gasteiger charge is -2.10. The van der Waals surface area contributed by atoms with Crippen molar-refractivity contribution in [2.24, 2.45) is 5.92 Å². The zero-order chi connectivity index (χ0) is 12.0. The molecule has 1 aromatic rings. The van der Waals surface area contributed by atoms with Gasteiger partial charge in [-0.1, -0.05) is 6.92 Å². The zero-order valence-electron chi connectivity index (χ0n) is 10.1. The number of ether oxygens (including phenoxy) is 1. The monoisotopic (exact) mass is 242 g/mol. The maximum absolute atomic E-state index is 5.73. The minimum atomic E-state index is 0.480. The molecule has 0 aliphatic carbocycles. The number of hydrogen-bond acceptors (Lipinski definition) is 3. The van der Waals surface area contributed by atoms with Crippen LogP contribution in [0.3, 0.4) is 0 Å². The summed E-state index contributed by atoms with van der Waals surface area (Å²) in [5.41, 5.74) is 1.97. The molecule has 1 rings (SSSR count). The van der Waals surface area contributed by atoms with Crippen molar-refractivity contribution in [2.45, 2.75) is 20.4 Å². The lowest BCUT2D eigenvalue weighted by atomic mass is 10.2. The normalized spacial score (nSPS) is 12.5. The Morgan fingerprint density at radius 3 is 2.88 bits per heavy atom. The number of nitrogens with zero attached hydrogens (tertiary/aromatic N) is 1. The second-order valence-electron chi connectivity index (χ2n) is 4.03. The molecule has 0 aliphatic rings. The van der Waals surface area contributed by atoms with E-state index in [4.69, 9.17) is 16.3 Å². The van der Waals surface area contributed by atoms with Crippen molar-refractivity contribution in [1.82, 2.24) is 10.3 Å². The summed E-state index contributed by atoms with van der Waals surface area (Å²) in [6.45, 7) is 5.73. The summed E-state index contributed by atoms with van der Waals surface area (Å²) in [5, 5.41) is 3.33. The highest BCUT2D eigenvalue weighted by Gasteiger charge is 2.02. The van der Waals surface area contributed by atoms with Crippen LogP contribution < -0.4 is 10.1 Å². The molecule has 0 aromatic carbocycles. The quantitative estimate of drug-likeness (QED) is 0.778. The molecule has 0 aliphatic heterocycles. The number of halogens is 1. The Morgan fingerprint density at radius 1 is 1.50 bits per heavy atom. The van der Waals surface area contributed by atoms with E-state index in [-0.39, 0.29) is 0 Å². The van der Waals surface area contributed by atoms with Crippen LogP contribution >= 0.6 is 11.6 Å². The number of pyridine rings is 1. The van der Waals surface area contributed by atoms with Gasteiger partial charge in [-0.25, -0.2) is 0 Å². The minimum Gasteiger partial charge on any atom is -0.497 e. The summed E-state index contributed by atoms with van der Waals surface area (Å²) in [6.07, 6.45) is 0. The second kappa shape index (κ2) is 6.71. The molecule has 0 spiro atoms. The summed E-state index contributed by atoms with van der Waals surface area (Å²) in [6, 6.07) is 3.87. The highest BCUT2D eigenvalue weighted by atomic mass is 35.5. The Kier molecular flexibility index (Phi) is 5.56. The molecule has 1 unspecified atom stereocenters. The van der Waals surface area contributed by atoms with E-state index in [0.29, 0.717) is 11.8 Å². The van der Waals surface area contributed by atoms with Gasteiger partial charge in [0.15, 0.2) is 0 Å². The zero-order valence-corrected chi connectivity index (χ0v) is 10.8. The second-order valence-corrected chi connectivity index (χ2v) is 4.34. The maximum atomic E-state index is 5.73. The molecule has 0 amide bonds. The fourth-order valence-corrected chi connectivity index (χ4v) is 1.52. The molecule has 90 valence electrons. The average Bonchev–Trinajstić information content (AvgIpc) is 2.28. The maximum Gasteiger partial charge on any atom is 0.122 e. The number of hydrogen-bond donors (Lipinski definition) is 1. The fraction of sp³-hybridized carbons (Fsp3) is 0.583. The van der Waals surface area contributed by atoms with Gasteiger partial charge in [0.05, 0.1) is 12.8 Å². The first-order chi connectivity index (χ1) is 7.65. The van der Waals surface area contributed by atoms with Crippen LogP contribution in [0.4, 0.5) is 0 Å². The number of methoxy groups -OCH3 is 1. The van der Waals surface area contributed by atoms with Crippen LogP contribution in [0.1, 0.15) is 18.3 Å². The van der Waals surface area contributed by atoms with E-state index in [0.717, 1.165) is 30.2 Å². The van der Waals surface area contributed by atoms with Crippen LogP contribution in [0, 0.1) is 12.8 Å². The molecule has 0 radical (unpaired) electrons. The molecule has 0 bridgehead atoms. The Hall–Kier alpha value is -0.800. The predicted octanol–water partition coefficient (Wildman–Crippen LogP) is 2.36. The first kappa shape index (κ1) is 13.3. The summed E-state index contributed by atoms with van der Waals surface area (Å²) in [7, 11) is 1.67. The number of aromatic nitrogens is 1. The molecule has 1 atom stereocenters. The highest BCUT2D eigenvalue weighted by molar-refractivity contribution is 6.18. The van der Waals surface area contributed by atoms with Gasteiger partial charge in [-0.2, -0.15) is 0 Å². The number of rotatable bonds is 6. The first-order valence-corrected chi connectivity index (χ1v) is 5.97. The molecule has 0 saturated heterocycles. The molecule has 0 fully saturated rings. The Morgan fingerprint density at radius 2 is 2.25 bits per heavy atom. The third-order valence-electron chi connectivity index (χ3n) is 2.28. The van der Waals surface area contributed by atoms with E-state index in [1.54, 1.807) is 7.11 Å². The van der Waals surface area contributed by atoms with Gasteiger partial charge < -0.3 is 10.1 Å². The average molecular weight is 243 g/mol. The van der Waals surface area contributed by atoms with Crippen LogP contribution in [0.5, 0.6) is 5.75 Å². The van der Waals surface area contributed by atoms with Gasteiger partial charge >= 0.3 is 0 Å². The standard InChI is InChI=1S/C12H19ClN2O/c1-9(6-13)7-14-8-11-5-12(16-3)4-10(2)15-11/h4-5,9,14H,6-8H2,1-3H3. The number of alkyl halides is 1. The van der Waals surface area contributed by atoms with E-state index < -0.39 is 0 Å². The van der Waals surface area contributed by atoms with Gasteiger partial charge in [-0.05, 0) is 19.4 Å². The van der Waals surface area contributed by atoms with E-state index >= 15 is 0 Å². The SMILES string of the molecule is COc1cc(C)nc(CNCC(C)CCl)c1. The van der Waals surface area contributed by atoms with Crippen LogP contribution in [-0.2, 0) is 6.54 Å². The molecule has 0 saturated carbocycles. The van der Waals surface area contributed by atoms with E-state index in [9.17, 15) is 0 Å². The molecule has 3 nitrogen and oxygen atoms in total. The van der Waals surface area contributed by atoms with Gasteiger partial charge in [0, 0.05) is 30.3 Å². The Bertz CT molecular complexity index is 331. The Balaban J connectivity index is 2.50. The fourth-order valence-electron chi connectivity index (χ4n) is 1.41. The van der Waals surface area contributed by atoms with E-state index in [2.05, 4.69) is 17.2 Å². The van der Waals surface area contributed by atoms with Crippen molar-refractivity contribution in [3.8, 4) is 5.75 Å². The summed E-state index contributed by atoms with van der Waals surface area (Å²) in [4.78, 5) is 4.43. The van der Waals surface area contributed by atoms with Crippen LogP contribution in [-0.4, -0.2) is 24.5 Å². The minimum absolute atomic E-state index is 0.480. The lowest BCUT2D eigenvalue weighted by molar-refractivity contribution is 0.412. The van der Waals surface area contributed by atoms with Gasteiger partial charge in [0.1, 0.15) is 5.75 Å². The van der Waals surface area contributed by atoms with Crippen molar-refractivity contribution in [2.75, 3.05) is 19.5 Å². The van der Waals surface area contributed by atoms with Crippen LogP contribution in [0.2, 0.25) is 0 Å². The molecule has 1 heterocycles. The van der Waals surface area contributed by atoms with Crippen molar-refractivity contribution in [3.05, 3.63) is 23.5 Å². The van der Waals surface area contributed by atoms with Gasteiger partial charge in [0.25, 0.3) is 0 Å². The Labute approximate surface area is 102 Å². The number of aryl methyl sites for hydroxylation is 1. The molecular weight excluding hydrogens is 224 g/mol.